The van der Waals surface area contributed by atoms with Crippen LogP contribution < -0.4 is 5.14 Å². The van der Waals surface area contributed by atoms with E-state index in [2.05, 4.69) is 0 Å². The molecule has 0 aliphatic heterocycles. The highest BCUT2D eigenvalue weighted by Gasteiger charge is 2.11. The van der Waals surface area contributed by atoms with Gasteiger partial charge in [0.1, 0.15) is 0 Å². The second-order valence-electron chi connectivity index (χ2n) is 3.89. The van der Waals surface area contributed by atoms with Gasteiger partial charge in [-0.3, -0.25) is 0 Å². The Morgan fingerprint density at radius 2 is 1.59 bits per heavy atom. The van der Waals surface area contributed by atoms with Crippen LogP contribution in [0.15, 0.2) is 53.4 Å². The molecule has 0 heterocycles. The van der Waals surface area contributed by atoms with Crippen LogP contribution in [0.2, 0.25) is 0 Å². The lowest BCUT2D eigenvalue weighted by atomic mass is 10.0. The molecule has 0 aromatic heterocycles. The van der Waals surface area contributed by atoms with Crippen molar-refractivity contribution in [2.24, 2.45) is 5.14 Å². The van der Waals surface area contributed by atoms with E-state index in [4.69, 9.17) is 5.14 Å². The van der Waals surface area contributed by atoms with E-state index >= 15 is 0 Å². The Morgan fingerprint density at radius 3 is 2.12 bits per heavy atom. The number of nitrogens with two attached hydrogens (primary N) is 1. The molecule has 0 atom stereocenters. The van der Waals surface area contributed by atoms with Crippen LogP contribution in [-0.2, 0) is 10.0 Å². The van der Waals surface area contributed by atoms with Crippen molar-refractivity contribution >= 4 is 10.0 Å². The van der Waals surface area contributed by atoms with E-state index in [9.17, 15) is 8.42 Å². The van der Waals surface area contributed by atoms with E-state index in [1.54, 1.807) is 19.1 Å². The third-order valence-electron chi connectivity index (χ3n) is 2.59. The van der Waals surface area contributed by atoms with Gasteiger partial charge in [-0.15, -0.1) is 0 Å². The number of hydrogen-bond acceptors (Lipinski definition) is 2. The summed E-state index contributed by atoms with van der Waals surface area (Å²) in [4.78, 5) is 0.178. The Labute approximate surface area is 101 Å². The van der Waals surface area contributed by atoms with Crippen LogP contribution in [0, 0.1) is 6.92 Å². The van der Waals surface area contributed by atoms with Gasteiger partial charge in [-0.25, -0.2) is 13.6 Å². The minimum absolute atomic E-state index is 0.178. The standard InChI is InChI=1S/C13H13NO2S/c1-10-9-12(11-5-3-2-4-6-11)7-8-13(10)17(14,15)16/h2-9H,1H3,(H2,14,15,16). The summed E-state index contributed by atoms with van der Waals surface area (Å²) < 4.78 is 22.6. The number of benzene rings is 2. The van der Waals surface area contributed by atoms with Gasteiger partial charge in [0.2, 0.25) is 10.0 Å². The van der Waals surface area contributed by atoms with Crippen LogP contribution >= 0.6 is 0 Å². The maximum atomic E-state index is 11.3. The quantitative estimate of drug-likeness (QED) is 0.885. The molecule has 2 aromatic carbocycles. The SMILES string of the molecule is Cc1cc(-c2ccccc2)ccc1S(N)(=O)=O. The molecule has 0 unspecified atom stereocenters. The zero-order valence-corrected chi connectivity index (χ0v) is 10.2. The molecule has 2 rings (SSSR count). The van der Waals surface area contributed by atoms with Crippen molar-refractivity contribution in [3.05, 3.63) is 54.1 Å². The summed E-state index contributed by atoms with van der Waals surface area (Å²) in [5.41, 5.74) is 2.70. The first kappa shape index (κ1) is 11.8. The van der Waals surface area contributed by atoms with Gasteiger partial charge >= 0.3 is 0 Å². The summed E-state index contributed by atoms with van der Waals surface area (Å²) >= 11 is 0. The molecular formula is C13H13NO2S. The largest absolute Gasteiger partial charge is 0.238 e. The molecule has 0 saturated heterocycles. The molecule has 0 aliphatic rings. The Bertz CT molecular complexity index is 634. The molecule has 0 radical (unpaired) electrons. The van der Waals surface area contributed by atoms with E-state index in [0.29, 0.717) is 5.56 Å². The van der Waals surface area contributed by atoms with E-state index in [-0.39, 0.29) is 4.90 Å². The maximum Gasteiger partial charge on any atom is 0.238 e. The Morgan fingerprint density at radius 1 is 0.941 bits per heavy atom. The average Bonchev–Trinajstić information content (AvgIpc) is 2.28. The van der Waals surface area contributed by atoms with Crippen molar-refractivity contribution in [2.75, 3.05) is 0 Å². The highest BCUT2D eigenvalue weighted by molar-refractivity contribution is 7.89. The van der Waals surface area contributed by atoms with Gasteiger partial charge in [-0.1, -0.05) is 42.5 Å². The van der Waals surface area contributed by atoms with Crippen molar-refractivity contribution in [1.29, 1.82) is 0 Å². The highest BCUT2D eigenvalue weighted by atomic mass is 32.2. The van der Waals surface area contributed by atoms with Crippen LogP contribution in [0.5, 0.6) is 0 Å². The molecular weight excluding hydrogens is 234 g/mol. The van der Waals surface area contributed by atoms with E-state index in [0.717, 1.165) is 11.1 Å². The molecule has 0 fully saturated rings. The summed E-state index contributed by atoms with van der Waals surface area (Å²) in [7, 11) is -3.63. The molecule has 88 valence electrons. The fourth-order valence-electron chi connectivity index (χ4n) is 1.78. The van der Waals surface area contributed by atoms with E-state index < -0.39 is 10.0 Å². The molecule has 0 bridgehead atoms. The maximum absolute atomic E-state index is 11.3. The second-order valence-corrected chi connectivity index (χ2v) is 5.42. The third kappa shape index (κ3) is 2.54. The molecule has 4 heteroatoms. The van der Waals surface area contributed by atoms with Gasteiger partial charge in [-0.2, -0.15) is 0 Å². The summed E-state index contributed by atoms with van der Waals surface area (Å²) in [6.07, 6.45) is 0. The van der Waals surface area contributed by atoms with Gasteiger partial charge in [0.25, 0.3) is 0 Å². The molecule has 3 nitrogen and oxygen atoms in total. The second kappa shape index (κ2) is 4.31. The first-order valence-corrected chi connectivity index (χ1v) is 6.72. The van der Waals surface area contributed by atoms with Gasteiger partial charge in [0.05, 0.1) is 4.90 Å². The van der Waals surface area contributed by atoms with Gasteiger partial charge < -0.3 is 0 Å². The van der Waals surface area contributed by atoms with Crippen LogP contribution in [0.3, 0.4) is 0 Å². The van der Waals surface area contributed by atoms with Crippen molar-refractivity contribution in [1.82, 2.24) is 0 Å². The van der Waals surface area contributed by atoms with E-state index in [1.807, 2.05) is 36.4 Å². The predicted octanol–water partition coefficient (Wildman–Crippen LogP) is 2.31. The van der Waals surface area contributed by atoms with Gasteiger partial charge in [0, 0.05) is 0 Å². The van der Waals surface area contributed by atoms with Crippen molar-refractivity contribution in [3.63, 3.8) is 0 Å². The normalized spacial score (nSPS) is 11.4. The van der Waals surface area contributed by atoms with Crippen molar-refractivity contribution in [3.8, 4) is 11.1 Å². The Hall–Kier alpha value is -1.65. The number of aryl methyl sites for hydroxylation is 1. The first-order chi connectivity index (χ1) is 7.98. The first-order valence-electron chi connectivity index (χ1n) is 5.17. The molecule has 17 heavy (non-hydrogen) atoms. The molecule has 0 amide bonds. The number of rotatable bonds is 2. The van der Waals surface area contributed by atoms with Gasteiger partial charge in [-0.05, 0) is 29.7 Å². The highest BCUT2D eigenvalue weighted by Crippen LogP contribution is 2.23. The summed E-state index contributed by atoms with van der Waals surface area (Å²) in [6, 6.07) is 14.9. The molecule has 2 N–H and O–H groups in total. The fraction of sp³-hybridized carbons (Fsp3) is 0.0769. The predicted molar refractivity (Wildman–Crippen MR) is 68.0 cm³/mol. The van der Waals surface area contributed by atoms with Crippen molar-refractivity contribution < 1.29 is 8.42 Å². The molecule has 0 saturated carbocycles. The average molecular weight is 247 g/mol. The topological polar surface area (TPSA) is 60.2 Å². The number of sulfonamides is 1. The zero-order valence-electron chi connectivity index (χ0n) is 9.42. The minimum Gasteiger partial charge on any atom is -0.225 e. The monoisotopic (exact) mass is 247 g/mol. The lowest BCUT2D eigenvalue weighted by molar-refractivity contribution is 0.597. The van der Waals surface area contributed by atoms with Crippen LogP contribution in [0.25, 0.3) is 11.1 Å². The summed E-state index contributed by atoms with van der Waals surface area (Å²) in [5, 5.41) is 5.12. The Balaban J connectivity index is 2.53. The Kier molecular flexibility index (Phi) is 3.00. The molecule has 2 aromatic rings. The molecule has 0 aliphatic carbocycles. The lowest BCUT2D eigenvalue weighted by Gasteiger charge is -2.06. The van der Waals surface area contributed by atoms with Gasteiger partial charge in [0.15, 0.2) is 0 Å². The van der Waals surface area contributed by atoms with Crippen molar-refractivity contribution in [2.45, 2.75) is 11.8 Å². The number of hydrogen-bond donors (Lipinski definition) is 1. The van der Waals surface area contributed by atoms with E-state index in [1.165, 1.54) is 0 Å². The summed E-state index contributed by atoms with van der Waals surface area (Å²) in [5.74, 6) is 0. The van der Waals surface area contributed by atoms with Crippen LogP contribution in [0.4, 0.5) is 0 Å². The molecule has 0 spiro atoms. The lowest BCUT2D eigenvalue weighted by Crippen LogP contribution is -2.13. The third-order valence-corrected chi connectivity index (χ3v) is 3.66. The van der Waals surface area contributed by atoms with Crippen LogP contribution in [-0.4, -0.2) is 8.42 Å². The van der Waals surface area contributed by atoms with Crippen LogP contribution in [0.1, 0.15) is 5.56 Å². The summed E-state index contributed by atoms with van der Waals surface area (Å²) in [6.45, 7) is 1.74. The number of primary sulfonamides is 1. The fourth-order valence-corrected chi connectivity index (χ4v) is 2.54. The zero-order chi connectivity index (χ0) is 12.5. The minimum atomic E-state index is -3.63. The smallest absolute Gasteiger partial charge is 0.225 e.